The molecule has 56 valence electrons. The van der Waals surface area contributed by atoms with Crippen LogP contribution in [0.3, 0.4) is 0 Å². The van der Waals surface area contributed by atoms with Gasteiger partial charge >= 0.3 is 7.60 Å². The molecule has 1 aromatic rings. The van der Waals surface area contributed by atoms with Crippen molar-refractivity contribution >= 4 is 13.1 Å². The minimum Gasteiger partial charge on any atom is -0.456 e. The smallest absolute Gasteiger partial charge is 0.391 e. The molecule has 0 bridgehead atoms. The van der Waals surface area contributed by atoms with Gasteiger partial charge in [-0.3, -0.25) is 4.57 Å². The second-order valence-corrected chi connectivity index (χ2v) is 3.45. The van der Waals surface area contributed by atoms with Gasteiger partial charge in [0.2, 0.25) is 5.50 Å². The normalized spacial score (nSPS) is 11.9. The monoisotopic (exact) mass is 162 g/mol. The zero-order valence-corrected chi connectivity index (χ0v) is 6.21. The quantitative estimate of drug-likeness (QED) is 0.586. The predicted octanol–water partition coefficient (Wildman–Crippen LogP) is 0.391. The lowest BCUT2D eigenvalue weighted by molar-refractivity contribution is 0.376. The zero-order valence-electron chi connectivity index (χ0n) is 5.31. The summed E-state index contributed by atoms with van der Waals surface area (Å²) in [6.45, 7) is 1.58. The van der Waals surface area contributed by atoms with Crippen LogP contribution in [0.15, 0.2) is 16.7 Å². The molecule has 1 rings (SSSR count). The van der Waals surface area contributed by atoms with E-state index in [2.05, 4.69) is 4.42 Å². The van der Waals surface area contributed by atoms with Gasteiger partial charge in [-0.25, -0.2) is 0 Å². The second kappa shape index (κ2) is 2.23. The molecular formula is C5H7O4P. The zero-order chi connectivity index (χ0) is 7.78. The molecule has 1 aromatic heterocycles. The van der Waals surface area contributed by atoms with E-state index in [0.29, 0.717) is 5.56 Å². The summed E-state index contributed by atoms with van der Waals surface area (Å²) in [5.41, 5.74) is 0.237. The third-order valence-corrected chi connectivity index (χ3v) is 2.09. The lowest BCUT2D eigenvalue weighted by Crippen LogP contribution is -2.02. The summed E-state index contributed by atoms with van der Waals surface area (Å²) in [7, 11) is -4.17. The van der Waals surface area contributed by atoms with Crippen LogP contribution in [-0.4, -0.2) is 9.79 Å². The summed E-state index contributed by atoms with van der Waals surface area (Å²) in [6.07, 6.45) is 1.25. The first-order valence-corrected chi connectivity index (χ1v) is 4.23. The lowest BCUT2D eigenvalue weighted by atomic mass is 10.4. The van der Waals surface area contributed by atoms with Gasteiger partial charge < -0.3 is 14.2 Å². The Bertz CT molecular complexity index is 271. The fraction of sp³-hybridized carbons (Fsp3) is 0.200. The van der Waals surface area contributed by atoms with Crippen molar-refractivity contribution in [3.63, 3.8) is 0 Å². The topological polar surface area (TPSA) is 70.7 Å². The van der Waals surface area contributed by atoms with Crippen LogP contribution in [0.1, 0.15) is 5.56 Å². The minimum absolute atomic E-state index is 0.243. The maximum Gasteiger partial charge on any atom is 0.391 e. The number of aryl methyl sites for hydroxylation is 1. The van der Waals surface area contributed by atoms with Crippen molar-refractivity contribution in [2.24, 2.45) is 0 Å². The van der Waals surface area contributed by atoms with Crippen LogP contribution in [0.5, 0.6) is 0 Å². The van der Waals surface area contributed by atoms with Gasteiger partial charge in [0.15, 0.2) is 0 Å². The third-order valence-electron chi connectivity index (χ3n) is 1.10. The average Bonchev–Trinajstić information content (AvgIpc) is 2.11. The van der Waals surface area contributed by atoms with Gasteiger partial charge in [-0.2, -0.15) is 0 Å². The van der Waals surface area contributed by atoms with E-state index in [9.17, 15) is 4.57 Å². The highest BCUT2D eigenvalue weighted by Crippen LogP contribution is 2.34. The molecular weight excluding hydrogens is 155 g/mol. The Morgan fingerprint density at radius 3 is 2.40 bits per heavy atom. The summed E-state index contributed by atoms with van der Waals surface area (Å²) < 4.78 is 15.1. The molecule has 0 amide bonds. The number of furan rings is 1. The first-order valence-electron chi connectivity index (χ1n) is 2.62. The summed E-state index contributed by atoms with van der Waals surface area (Å²) in [5, 5.41) is 0. The van der Waals surface area contributed by atoms with Gasteiger partial charge in [0.1, 0.15) is 0 Å². The van der Waals surface area contributed by atoms with Crippen molar-refractivity contribution in [1.29, 1.82) is 0 Å². The van der Waals surface area contributed by atoms with Crippen LogP contribution >= 0.6 is 7.60 Å². The average molecular weight is 162 g/mol. The molecule has 0 spiro atoms. The molecule has 2 N–H and O–H groups in total. The molecule has 0 saturated carbocycles. The van der Waals surface area contributed by atoms with Gasteiger partial charge in [0.25, 0.3) is 0 Å². The van der Waals surface area contributed by atoms with E-state index in [1.54, 1.807) is 6.92 Å². The van der Waals surface area contributed by atoms with Crippen LogP contribution in [0.2, 0.25) is 0 Å². The Morgan fingerprint density at radius 2 is 2.20 bits per heavy atom. The fourth-order valence-corrected chi connectivity index (χ4v) is 1.40. The molecule has 10 heavy (non-hydrogen) atoms. The van der Waals surface area contributed by atoms with Crippen molar-refractivity contribution in [3.05, 3.63) is 17.9 Å². The second-order valence-electron chi connectivity index (χ2n) is 1.95. The van der Waals surface area contributed by atoms with Crippen LogP contribution in [0.4, 0.5) is 0 Å². The highest BCUT2D eigenvalue weighted by Gasteiger charge is 2.22. The van der Waals surface area contributed by atoms with Crippen LogP contribution in [0.25, 0.3) is 0 Å². The molecule has 0 aliphatic rings. The predicted molar refractivity (Wildman–Crippen MR) is 35.1 cm³/mol. The highest BCUT2D eigenvalue weighted by molar-refractivity contribution is 7.59. The van der Waals surface area contributed by atoms with Crippen LogP contribution in [0, 0.1) is 6.92 Å². The molecule has 1 heterocycles. The van der Waals surface area contributed by atoms with Gasteiger partial charge in [0, 0.05) is 5.56 Å². The Hall–Kier alpha value is -0.570. The largest absolute Gasteiger partial charge is 0.456 e. The van der Waals surface area contributed by atoms with E-state index in [1.165, 1.54) is 12.3 Å². The Balaban J connectivity index is 3.18. The van der Waals surface area contributed by atoms with E-state index in [1.807, 2.05) is 0 Å². The van der Waals surface area contributed by atoms with Gasteiger partial charge in [-0.1, -0.05) is 0 Å². The summed E-state index contributed by atoms with van der Waals surface area (Å²) in [6, 6.07) is 1.51. The third kappa shape index (κ3) is 1.29. The molecule has 0 radical (unpaired) electrons. The number of rotatable bonds is 1. The van der Waals surface area contributed by atoms with E-state index in [4.69, 9.17) is 9.79 Å². The first-order chi connectivity index (χ1) is 4.52. The number of hydrogen-bond donors (Lipinski definition) is 2. The molecule has 4 nitrogen and oxygen atoms in total. The Morgan fingerprint density at radius 1 is 1.60 bits per heavy atom. The molecule has 0 aliphatic carbocycles. The highest BCUT2D eigenvalue weighted by atomic mass is 31.2. The Labute approximate surface area is 57.6 Å². The van der Waals surface area contributed by atoms with Crippen molar-refractivity contribution in [2.75, 3.05) is 0 Å². The van der Waals surface area contributed by atoms with Crippen molar-refractivity contribution < 1.29 is 18.8 Å². The van der Waals surface area contributed by atoms with Gasteiger partial charge in [0.05, 0.1) is 6.26 Å². The van der Waals surface area contributed by atoms with Gasteiger partial charge in [-0.05, 0) is 13.0 Å². The van der Waals surface area contributed by atoms with Crippen molar-refractivity contribution in [1.82, 2.24) is 0 Å². The maximum atomic E-state index is 10.5. The van der Waals surface area contributed by atoms with Crippen molar-refractivity contribution in [3.8, 4) is 0 Å². The molecule has 0 fully saturated rings. The van der Waals surface area contributed by atoms with Crippen LogP contribution < -0.4 is 5.50 Å². The maximum absolute atomic E-state index is 10.5. The summed E-state index contributed by atoms with van der Waals surface area (Å²) >= 11 is 0. The van der Waals surface area contributed by atoms with E-state index >= 15 is 0 Å². The molecule has 0 atom stereocenters. The first kappa shape index (κ1) is 7.54. The molecule has 0 unspecified atom stereocenters. The minimum atomic E-state index is -4.17. The van der Waals surface area contributed by atoms with Crippen LogP contribution in [-0.2, 0) is 4.57 Å². The molecule has 0 aromatic carbocycles. The summed E-state index contributed by atoms with van der Waals surface area (Å²) in [5.74, 6) is 0. The van der Waals surface area contributed by atoms with E-state index in [-0.39, 0.29) is 5.50 Å². The van der Waals surface area contributed by atoms with Gasteiger partial charge in [-0.15, -0.1) is 0 Å². The summed E-state index contributed by atoms with van der Waals surface area (Å²) in [4.78, 5) is 17.2. The molecule has 5 heteroatoms. The van der Waals surface area contributed by atoms with Crippen molar-refractivity contribution in [2.45, 2.75) is 6.92 Å². The fourth-order valence-electron chi connectivity index (χ4n) is 0.663. The van der Waals surface area contributed by atoms with E-state index in [0.717, 1.165) is 0 Å². The molecule has 0 saturated heterocycles. The SMILES string of the molecule is Cc1ccoc1P(=O)(O)O. The standard InChI is InChI=1S/C5H7O4P/c1-4-2-3-9-5(4)10(6,7)8/h2-3H,1H3,(H2,6,7,8). The lowest BCUT2D eigenvalue weighted by Gasteiger charge is -1.98. The Kier molecular flexibility index (Phi) is 1.68. The number of hydrogen-bond acceptors (Lipinski definition) is 2. The van der Waals surface area contributed by atoms with E-state index < -0.39 is 7.60 Å². The molecule has 0 aliphatic heterocycles.